The van der Waals surface area contributed by atoms with Crippen LogP contribution in [0.4, 0.5) is 0 Å². The third-order valence-electron chi connectivity index (χ3n) is 5.14. The average molecular weight is 519 g/mol. The van der Waals surface area contributed by atoms with Gasteiger partial charge in [0.2, 0.25) is 0 Å². The molecule has 4 heteroatoms. The summed E-state index contributed by atoms with van der Waals surface area (Å²) in [5.41, 5.74) is 3.75. The normalized spacial score (nSPS) is 11.2. The first-order valence-corrected chi connectivity index (χ1v) is 18.2. The van der Waals surface area contributed by atoms with Gasteiger partial charge in [0.15, 0.2) is 0 Å². The molecule has 0 fully saturated rings. The van der Waals surface area contributed by atoms with E-state index in [1.54, 1.807) is 0 Å². The number of hydrogen-bond donors (Lipinski definition) is 0. The van der Waals surface area contributed by atoms with E-state index in [2.05, 4.69) is 72.8 Å². The van der Waals surface area contributed by atoms with Gasteiger partial charge in [-0.3, -0.25) is 0 Å². The van der Waals surface area contributed by atoms with E-state index in [-0.39, 0.29) is 5.97 Å². The summed E-state index contributed by atoms with van der Waals surface area (Å²) in [7, 11) is 0. The van der Waals surface area contributed by atoms with Crippen molar-refractivity contribution < 1.29 is 7.87 Å². The minimum atomic E-state index is -3.55. The molecule has 2 nitrogen and oxygen atoms in total. The molecule has 0 amide bonds. The maximum atomic E-state index is 13.1. The quantitative estimate of drug-likeness (QED) is 0.260. The van der Waals surface area contributed by atoms with Gasteiger partial charge < -0.3 is 0 Å². The van der Waals surface area contributed by atoms with Gasteiger partial charge in [0.1, 0.15) is 0 Å². The zero-order valence-electron chi connectivity index (χ0n) is 16.7. The number of hydrogen-bond acceptors (Lipinski definition) is 3. The number of benzene rings is 3. The van der Waals surface area contributed by atoms with Gasteiger partial charge in [-0.1, -0.05) is 0 Å². The van der Waals surface area contributed by atoms with E-state index in [1.807, 2.05) is 35.7 Å². The van der Waals surface area contributed by atoms with Crippen LogP contribution in [-0.4, -0.2) is 24.8 Å². The minimum absolute atomic E-state index is 0.163. The van der Waals surface area contributed by atoms with Crippen molar-refractivity contribution >= 4 is 36.1 Å². The van der Waals surface area contributed by atoms with Gasteiger partial charge in [-0.2, -0.15) is 0 Å². The summed E-state index contributed by atoms with van der Waals surface area (Å²) in [6.45, 7) is 0. The molecule has 30 heavy (non-hydrogen) atoms. The van der Waals surface area contributed by atoms with Crippen molar-refractivity contribution in [2.45, 2.75) is 13.3 Å². The number of carbonyl (C=O) groups is 1. The summed E-state index contributed by atoms with van der Waals surface area (Å²) in [4.78, 5) is 13.8. The first-order valence-electron chi connectivity index (χ1n) is 10.1. The SMILES string of the molecule is O=C([O][Sn]([CH2]c1ccccc1)([CH2]c1ccccc1)[CH2]c1ccccc1)c1cccs1. The van der Waals surface area contributed by atoms with Crippen molar-refractivity contribution in [3.8, 4) is 0 Å². The molecule has 1 aromatic heterocycles. The summed E-state index contributed by atoms with van der Waals surface area (Å²) in [5, 5.41) is 1.93. The fourth-order valence-electron chi connectivity index (χ4n) is 3.84. The van der Waals surface area contributed by atoms with Crippen molar-refractivity contribution in [2.75, 3.05) is 0 Å². The second-order valence-corrected chi connectivity index (χ2v) is 18.8. The van der Waals surface area contributed by atoms with E-state index in [0.717, 1.165) is 13.3 Å². The van der Waals surface area contributed by atoms with Crippen LogP contribution in [0.3, 0.4) is 0 Å². The molecule has 150 valence electrons. The molecule has 1 heterocycles. The molecule has 0 bridgehead atoms. The molecular weight excluding hydrogens is 495 g/mol. The molecule has 0 saturated carbocycles. The van der Waals surface area contributed by atoms with Crippen LogP contribution in [-0.2, 0) is 16.4 Å². The Balaban J connectivity index is 1.74. The molecule has 0 aliphatic heterocycles. The van der Waals surface area contributed by atoms with E-state index in [9.17, 15) is 4.79 Å². The van der Waals surface area contributed by atoms with Crippen LogP contribution < -0.4 is 0 Å². The van der Waals surface area contributed by atoms with Gasteiger partial charge in [-0.25, -0.2) is 0 Å². The zero-order valence-corrected chi connectivity index (χ0v) is 20.4. The molecule has 0 spiro atoms. The second kappa shape index (κ2) is 10.1. The molecule has 0 saturated heterocycles. The van der Waals surface area contributed by atoms with Gasteiger partial charge >= 0.3 is 187 Å². The van der Waals surface area contributed by atoms with Crippen LogP contribution in [0, 0.1) is 0 Å². The molecule has 0 N–H and O–H groups in total. The number of rotatable bonds is 8. The van der Waals surface area contributed by atoms with Gasteiger partial charge in [0, 0.05) is 0 Å². The Morgan fingerprint density at radius 1 is 0.633 bits per heavy atom. The molecule has 0 atom stereocenters. The molecule has 0 radical (unpaired) electrons. The summed E-state index contributed by atoms with van der Waals surface area (Å²) < 4.78 is 9.15. The first-order chi connectivity index (χ1) is 14.7. The van der Waals surface area contributed by atoms with Crippen LogP contribution in [0.2, 0.25) is 0 Å². The predicted octanol–water partition coefficient (Wildman–Crippen LogP) is 6.20. The first kappa shape index (κ1) is 20.9. The summed E-state index contributed by atoms with van der Waals surface area (Å²) >= 11 is -2.10. The van der Waals surface area contributed by atoms with E-state index >= 15 is 0 Å². The van der Waals surface area contributed by atoms with Crippen LogP contribution >= 0.6 is 11.3 Å². The van der Waals surface area contributed by atoms with Gasteiger partial charge in [0.05, 0.1) is 0 Å². The van der Waals surface area contributed by atoms with Crippen molar-refractivity contribution in [1.82, 2.24) is 0 Å². The molecule has 4 aromatic rings. The topological polar surface area (TPSA) is 26.3 Å². The van der Waals surface area contributed by atoms with Crippen LogP contribution in [0.5, 0.6) is 0 Å². The van der Waals surface area contributed by atoms with E-state index in [0.29, 0.717) is 4.88 Å². The van der Waals surface area contributed by atoms with Crippen molar-refractivity contribution in [3.63, 3.8) is 0 Å². The molecule has 3 aromatic carbocycles. The number of thiophene rings is 1. The Kier molecular flexibility index (Phi) is 7.03. The average Bonchev–Trinajstić information content (AvgIpc) is 3.31. The third-order valence-corrected chi connectivity index (χ3v) is 16.8. The van der Waals surface area contributed by atoms with Gasteiger partial charge in [0.25, 0.3) is 0 Å². The van der Waals surface area contributed by atoms with E-state index in [1.165, 1.54) is 28.0 Å². The Labute approximate surface area is 186 Å². The Morgan fingerprint density at radius 2 is 1.07 bits per heavy atom. The van der Waals surface area contributed by atoms with Crippen molar-refractivity contribution in [2.24, 2.45) is 0 Å². The standard InChI is InChI=1S/3C7H7.C5H4O2S.Sn/c3*1-7-5-3-2-4-6-7;6-5(7)4-2-1-3-8-4;/h3*2-6H,1H2;1-3H,(H,6,7);/q;;;;+1/p-1. The zero-order chi connectivity index (χ0) is 20.7. The third kappa shape index (κ3) is 5.61. The van der Waals surface area contributed by atoms with E-state index in [4.69, 9.17) is 3.07 Å². The van der Waals surface area contributed by atoms with Crippen molar-refractivity contribution in [3.05, 3.63) is 130 Å². The summed E-state index contributed by atoms with van der Waals surface area (Å²) in [5.74, 6) is -0.163. The second-order valence-electron chi connectivity index (χ2n) is 7.54. The fraction of sp³-hybridized carbons (Fsp3) is 0.115. The maximum absolute atomic E-state index is 13.1. The Morgan fingerprint density at radius 3 is 1.43 bits per heavy atom. The monoisotopic (exact) mass is 520 g/mol. The van der Waals surface area contributed by atoms with Crippen LogP contribution in [0.1, 0.15) is 26.4 Å². The summed E-state index contributed by atoms with van der Waals surface area (Å²) in [6.07, 6.45) is 0. The number of carbonyl (C=O) groups excluding carboxylic acids is 1. The molecule has 0 aliphatic carbocycles. The van der Waals surface area contributed by atoms with Crippen LogP contribution in [0.15, 0.2) is 109 Å². The Hall–Kier alpha value is -2.37. The van der Waals surface area contributed by atoms with Gasteiger partial charge in [-0.15, -0.1) is 0 Å². The summed E-state index contributed by atoms with van der Waals surface area (Å²) in [6, 6.07) is 35.2. The van der Waals surface area contributed by atoms with E-state index < -0.39 is 18.8 Å². The van der Waals surface area contributed by atoms with Gasteiger partial charge in [-0.05, 0) is 0 Å². The molecule has 4 rings (SSSR count). The predicted molar refractivity (Wildman–Crippen MR) is 126 cm³/mol. The molecule has 0 aliphatic rings. The Bertz CT molecular complexity index is 947. The molecule has 0 unspecified atom stereocenters. The molecular formula is C26H24O2SSn. The fourth-order valence-corrected chi connectivity index (χ4v) is 16.2. The van der Waals surface area contributed by atoms with Crippen LogP contribution in [0.25, 0.3) is 0 Å². The van der Waals surface area contributed by atoms with Crippen molar-refractivity contribution in [1.29, 1.82) is 0 Å².